The van der Waals surface area contributed by atoms with Crippen molar-refractivity contribution in [2.45, 2.75) is 50.8 Å². The van der Waals surface area contributed by atoms with E-state index in [-0.39, 0.29) is 23.1 Å². The molecule has 1 unspecified atom stereocenters. The summed E-state index contributed by atoms with van der Waals surface area (Å²) in [4.78, 5) is 0.768. The molecular formula is C8H19BrMg. The summed E-state index contributed by atoms with van der Waals surface area (Å²) >= 11 is 3.61. The monoisotopic (exact) mass is 218 g/mol. The van der Waals surface area contributed by atoms with E-state index in [9.17, 15) is 0 Å². The Bertz CT molecular complexity index is 57.2. The van der Waals surface area contributed by atoms with Gasteiger partial charge in [-0.15, -0.1) is 0 Å². The first-order valence-corrected chi connectivity index (χ1v) is 4.86. The zero-order chi connectivity index (χ0) is 7.11. The van der Waals surface area contributed by atoms with Crippen molar-refractivity contribution >= 4 is 39.0 Å². The summed E-state index contributed by atoms with van der Waals surface area (Å²) in [5.74, 6) is 0. The van der Waals surface area contributed by atoms with Gasteiger partial charge in [0.15, 0.2) is 0 Å². The molecule has 0 radical (unpaired) electrons. The molecule has 0 bridgehead atoms. The normalized spacial score (nSPS) is 12.3. The van der Waals surface area contributed by atoms with Gasteiger partial charge in [-0.25, -0.2) is 0 Å². The van der Waals surface area contributed by atoms with Crippen LogP contribution < -0.4 is 0 Å². The lowest BCUT2D eigenvalue weighted by Crippen LogP contribution is -1.93. The van der Waals surface area contributed by atoms with Gasteiger partial charge >= 0.3 is 23.1 Å². The topological polar surface area (TPSA) is 0 Å². The molecule has 0 amide bonds. The quantitative estimate of drug-likeness (QED) is 0.379. The summed E-state index contributed by atoms with van der Waals surface area (Å²) in [7, 11) is 0. The molecule has 2 heteroatoms. The molecule has 0 heterocycles. The molecule has 0 aromatic rings. The first-order valence-electron chi connectivity index (χ1n) is 3.95. The SMILES string of the molecule is CCCCCC(Br)CC.[MgH2]. The number of alkyl halides is 1. The summed E-state index contributed by atoms with van der Waals surface area (Å²) in [6.45, 7) is 4.47. The third-order valence-corrected chi connectivity index (χ3v) is 2.67. The summed E-state index contributed by atoms with van der Waals surface area (Å²) in [5, 5.41) is 0. The molecule has 0 aliphatic rings. The van der Waals surface area contributed by atoms with Crippen LogP contribution in [0.25, 0.3) is 0 Å². The minimum Gasteiger partial charge on any atom is -0.0891 e. The van der Waals surface area contributed by atoms with Crippen molar-refractivity contribution in [2.24, 2.45) is 0 Å². The van der Waals surface area contributed by atoms with Crippen LogP contribution in [0.15, 0.2) is 0 Å². The molecule has 60 valence electrons. The predicted octanol–water partition coefficient (Wildman–Crippen LogP) is 2.82. The molecule has 0 fully saturated rings. The molecule has 0 aromatic heterocycles. The van der Waals surface area contributed by atoms with Crippen molar-refractivity contribution in [1.29, 1.82) is 0 Å². The van der Waals surface area contributed by atoms with E-state index < -0.39 is 0 Å². The van der Waals surface area contributed by atoms with E-state index in [0.29, 0.717) is 0 Å². The Morgan fingerprint density at radius 1 is 1.20 bits per heavy atom. The molecule has 10 heavy (non-hydrogen) atoms. The van der Waals surface area contributed by atoms with Gasteiger partial charge in [0.1, 0.15) is 0 Å². The van der Waals surface area contributed by atoms with Crippen LogP contribution in [0.5, 0.6) is 0 Å². The molecule has 0 N–H and O–H groups in total. The molecule has 1 atom stereocenters. The van der Waals surface area contributed by atoms with Crippen LogP contribution in [0.2, 0.25) is 0 Å². The molecular weight excluding hydrogens is 200 g/mol. The molecule has 0 aliphatic heterocycles. The van der Waals surface area contributed by atoms with Crippen LogP contribution in [0, 0.1) is 0 Å². The zero-order valence-electron chi connectivity index (χ0n) is 6.49. The van der Waals surface area contributed by atoms with Gasteiger partial charge in [-0.3, -0.25) is 0 Å². The van der Waals surface area contributed by atoms with E-state index in [4.69, 9.17) is 0 Å². The number of halogens is 1. The van der Waals surface area contributed by atoms with Crippen molar-refractivity contribution in [3.05, 3.63) is 0 Å². The van der Waals surface area contributed by atoms with Gasteiger partial charge in [0.25, 0.3) is 0 Å². The third-order valence-electron chi connectivity index (χ3n) is 1.56. The van der Waals surface area contributed by atoms with Gasteiger partial charge in [0.2, 0.25) is 0 Å². The number of rotatable bonds is 5. The van der Waals surface area contributed by atoms with Gasteiger partial charge in [0.05, 0.1) is 0 Å². The van der Waals surface area contributed by atoms with E-state index >= 15 is 0 Å². The van der Waals surface area contributed by atoms with Gasteiger partial charge in [-0.1, -0.05) is 49.0 Å². The third kappa shape index (κ3) is 9.25. The van der Waals surface area contributed by atoms with Crippen molar-refractivity contribution < 1.29 is 0 Å². The largest absolute Gasteiger partial charge is 0.316 e. The first kappa shape index (κ1) is 13.8. The van der Waals surface area contributed by atoms with E-state index in [1.165, 1.54) is 32.1 Å². The lowest BCUT2D eigenvalue weighted by atomic mass is 10.1. The molecule has 0 rings (SSSR count). The zero-order valence-corrected chi connectivity index (χ0v) is 8.08. The lowest BCUT2D eigenvalue weighted by Gasteiger charge is -2.03. The highest BCUT2D eigenvalue weighted by Gasteiger charge is 1.97. The van der Waals surface area contributed by atoms with E-state index in [1.54, 1.807) is 0 Å². The maximum Gasteiger partial charge on any atom is 0.316 e. The fourth-order valence-electron chi connectivity index (χ4n) is 0.820. The Morgan fingerprint density at radius 3 is 2.20 bits per heavy atom. The van der Waals surface area contributed by atoms with Crippen LogP contribution in [0.1, 0.15) is 46.0 Å². The molecule has 0 aromatic carbocycles. The van der Waals surface area contributed by atoms with E-state index in [2.05, 4.69) is 29.8 Å². The van der Waals surface area contributed by atoms with Crippen LogP contribution in [-0.2, 0) is 0 Å². The Morgan fingerprint density at radius 2 is 1.80 bits per heavy atom. The average Bonchev–Trinajstić information content (AvgIpc) is 1.89. The second-order valence-electron chi connectivity index (χ2n) is 2.50. The first-order chi connectivity index (χ1) is 4.31. The van der Waals surface area contributed by atoms with Crippen LogP contribution in [-0.4, -0.2) is 27.9 Å². The van der Waals surface area contributed by atoms with Crippen molar-refractivity contribution in [2.75, 3.05) is 0 Å². The van der Waals surface area contributed by atoms with Gasteiger partial charge in [-0.2, -0.15) is 0 Å². The van der Waals surface area contributed by atoms with Gasteiger partial charge in [0, 0.05) is 4.83 Å². The van der Waals surface area contributed by atoms with Gasteiger partial charge in [-0.05, 0) is 12.8 Å². The Balaban J connectivity index is 0. The van der Waals surface area contributed by atoms with Crippen molar-refractivity contribution in [3.63, 3.8) is 0 Å². The maximum atomic E-state index is 3.61. The second-order valence-corrected chi connectivity index (χ2v) is 3.80. The molecule has 0 nitrogen and oxygen atoms in total. The molecule has 0 saturated heterocycles. The summed E-state index contributed by atoms with van der Waals surface area (Å²) in [6, 6.07) is 0. The standard InChI is InChI=1S/C8H17Br.Mg.2H/c1-3-5-6-7-8(9)4-2;;;/h8H,3-7H2,1-2H3;;;. The van der Waals surface area contributed by atoms with Crippen LogP contribution >= 0.6 is 15.9 Å². The highest BCUT2D eigenvalue weighted by molar-refractivity contribution is 9.09. The number of hydrogen-bond acceptors (Lipinski definition) is 0. The Hall–Kier alpha value is 1.25. The number of hydrogen-bond donors (Lipinski definition) is 0. The molecule has 0 aliphatic carbocycles. The minimum absolute atomic E-state index is 0. The molecule has 0 saturated carbocycles. The van der Waals surface area contributed by atoms with E-state index in [1.807, 2.05) is 0 Å². The molecule has 0 spiro atoms. The van der Waals surface area contributed by atoms with E-state index in [0.717, 1.165) is 4.83 Å². The van der Waals surface area contributed by atoms with Crippen molar-refractivity contribution in [3.8, 4) is 0 Å². The number of unbranched alkanes of at least 4 members (excludes halogenated alkanes) is 2. The van der Waals surface area contributed by atoms with Gasteiger partial charge < -0.3 is 0 Å². The second kappa shape index (κ2) is 10.2. The smallest absolute Gasteiger partial charge is 0.0891 e. The fourth-order valence-corrected chi connectivity index (χ4v) is 1.14. The predicted molar refractivity (Wildman–Crippen MR) is 55.7 cm³/mol. The van der Waals surface area contributed by atoms with Crippen molar-refractivity contribution in [1.82, 2.24) is 0 Å². The van der Waals surface area contributed by atoms with Crippen LogP contribution in [0.3, 0.4) is 0 Å². The lowest BCUT2D eigenvalue weighted by molar-refractivity contribution is 0.641. The average molecular weight is 219 g/mol. The summed E-state index contributed by atoms with van der Waals surface area (Å²) in [6.07, 6.45) is 6.74. The highest BCUT2D eigenvalue weighted by Crippen LogP contribution is 2.13. The Labute approximate surface area is 89.4 Å². The Kier molecular flexibility index (Phi) is 14.2. The maximum absolute atomic E-state index is 3.61. The van der Waals surface area contributed by atoms with Crippen LogP contribution in [0.4, 0.5) is 0 Å². The summed E-state index contributed by atoms with van der Waals surface area (Å²) < 4.78 is 0. The minimum atomic E-state index is 0. The summed E-state index contributed by atoms with van der Waals surface area (Å²) in [5.41, 5.74) is 0. The highest BCUT2D eigenvalue weighted by atomic mass is 79.9. The fraction of sp³-hybridized carbons (Fsp3) is 1.00.